The lowest BCUT2D eigenvalue weighted by atomic mass is 10.4. The lowest BCUT2D eigenvalue weighted by Crippen LogP contribution is -2.34. The van der Waals surface area contributed by atoms with Crippen molar-refractivity contribution in [3.8, 4) is 0 Å². The summed E-state index contributed by atoms with van der Waals surface area (Å²) >= 11 is 1.05. The number of carbonyl (C=O) groups excluding carboxylic acids is 1. The van der Waals surface area contributed by atoms with Gasteiger partial charge in [0.25, 0.3) is 0 Å². The molecule has 0 unspecified atom stereocenters. The lowest BCUT2D eigenvalue weighted by Gasteiger charge is -2.20. The summed E-state index contributed by atoms with van der Waals surface area (Å²) in [4.78, 5) is 15.9. The van der Waals surface area contributed by atoms with Crippen LogP contribution in [0.5, 0.6) is 0 Å². The lowest BCUT2D eigenvalue weighted by molar-refractivity contribution is -0.119. The molecule has 0 atom stereocenters. The van der Waals surface area contributed by atoms with Gasteiger partial charge in [-0.25, -0.2) is 4.98 Å². The summed E-state index contributed by atoms with van der Waals surface area (Å²) in [5.74, 6) is -0.245. The fourth-order valence-electron chi connectivity index (χ4n) is 1.10. The van der Waals surface area contributed by atoms with Crippen molar-refractivity contribution in [2.75, 3.05) is 18.0 Å². The molecule has 0 aliphatic carbocycles. The van der Waals surface area contributed by atoms with Gasteiger partial charge in [0.05, 0.1) is 0 Å². The number of hydrogen-bond acceptors (Lipinski definition) is 4. The molecule has 0 aliphatic rings. The Balaban J connectivity index is 2.83. The number of thiazole rings is 1. The van der Waals surface area contributed by atoms with E-state index in [1.807, 2.05) is 0 Å². The molecule has 1 aromatic heterocycles. The van der Waals surface area contributed by atoms with Gasteiger partial charge < -0.3 is 4.90 Å². The molecule has 0 bridgehead atoms. The van der Waals surface area contributed by atoms with Crippen LogP contribution in [-0.2, 0) is 0 Å². The molecule has 0 saturated carbocycles. The molecule has 3 nitrogen and oxygen atoms in total. The van der Waals surface area contributed by atoms with Gasteiger partial charge in [-0.15, -0.1) is 11.3 Å². The molecule has 0 aliphatic heterocycles. The molecule has 0 N–H and O–H groups in total. The standard InChI is InChI=1S/C9H11F3N2OS/c1-3-14(5-9(10,11)12)8-13-7(4-16-8)6(2)15/h4H,3,5H2,1-2H3. The number of carbonyl (C=O) groups is 1. The first-order chi connectivity index (χ1) is 7.33. The number of alkyl halides is 3. The first-order valence-corrected chi connectivity index (χ1v) is 5.49. The van der Waals surface area contributed by atoms with Gasteiger partial charge in [-0.2, -0.15) is 13.2 Å². The zero-order valence-corrected chi connectivity index (χ0v) is 9.65. The number of Topliss-reactive ketones (excluding diaryl/α,β-unsaturated/α-hetero) is 1. The molecule has 0 aromatic carbocycles. The van der Waals surface area contributed by atoms with Crippen LogP contribution in [0.2, 0.25) is 0 Å². The predicted molar refractivity (Wildman–Crippen MR) is 56.1 cm³/mol. The summed E-state index contributed by atoms with van der Waals surface area (Å²) in [6.07, 6.45) is -4.27. The first kappa shape index (κ1) is 13.0. The van der Waals surface area contributed by atoms with E-state index in [1.54, 1.807) is 6.92 Å². The van der Waals surface area contributed by atoms with Crippen molar-refractivity contribution >= 4 is 22.3 Å². The van der Waals surface area contributed by atoms with Crippen molar-refractivity contribution in [3.63, 3.8) is 0 Å². The number of hydrogen-bond donors (Lipinski definition) is 0. The molecular weight excluding hydrogens is 241 g/mol. The highest BCUT2D eigenvalue weighted by atomic mass is 32.1. The molecule has 90 valence electrons. The van der Waals surface area contributed by atoms with E-state index < -0.39 is 12.7 Å². The van der Waals surface area contributed by atoms with Crippen LogP contribution in [0, 0.1) is 0 Å². The molecule has 0 amide bonds. The Morgan fingerprint density at radius 1 is 1.56 bits per heavy atom. The number of nitrogens with zero attached hydrogens (tertiary/aromatic N) is 2. The molecule has 0 fully saturated rings. The molecular formula is C9H11F3N2OS. The van der Waals surface area contributed by atoms with E-state index in [0.29, 0.717) is 0 Å². The Hall–Kier alpha value is -1.11. The van der Waals surface area contributed by atoms with Crippen LogP contribution in [0.4, 0.5) is 18.3 Å². The van der Waals surface area contributed by atoms with Gasteiger partial charge >= 0.3 is 6.18 Å². The second-order valence-corrected chi connectivity index (χ2v) is 4.04. The van der Waals surface area contributed by atoms with Gasteiger partial charge in [0.15, 0.2) is 10.9 Å². The summed E-state index contributed by atoms with van der Waals surface area (Å²) in [6, 6.07) is 0. The molecule has 0 spiro atoms. The average Bonchev–Trinajstić information content (AvgIpc) is 2.61. The monoisotopic (exact) mass is 252 g/mol. The third kappa shape index (κ3) is 3.48. The van der Waals surface area contributed by atoms with Crippen molar-refractivity contribution in [1.82, 2.24) is 4.98 Å². The van der Waals surface area contributed by atoms with Crippen LogP contribution in [0.15, 0.2) is 5.38 Å². The number of ketones is 1. The van der Waals surface area contributed by atoms with Gasteiger partial charge in [-0.1, -0.05) is 0 Å². The van der Waals surface area contributed by atoms with E-state index in [0.717, 1.165) is 16.2 Å². The second-order valence-electron chi connectivity index (χ2n) is 3.20. The maximum absolute atomic E-state index is 12.2. The van der Waals surface area contributed by atoms with E-state index in [9.17, 15) is 18.0 Å². The SMILES string of the molecule is CCN(CC(F)(F)F)c1nc(C(C)=O)cs1. The van der Waals surface area contributed by atoms with Gasteiger partial charge in [0.2, 0.25) is 0 Å². The van der Waals surface area contributed by atoms with Crippen LogP contribution in [0.1, 0.15) is 24.3 Å². The minimum atomic E-state index is -4.27. The minimum absolute atomic E-state index is 0.199. The normalized spacial score (nSPS) is 11.6. The summed E-state index contributed by atoms with van der Waals surface area (Å²) in [5, 5.41) is 1.70. The maximum atomic E-state index is 12.2. The van der Waals surface area contributed by atoms with Crippen LogP contribution in [0.25, 0.3) is 0 Å². The van der Waals surface area contributed by atoms with Crippen molar-refractivity contribution in [3.05, 3.63) is 11.1 Å². The van der Waals surface area contributed by atoms with Gasteiger partial charge in [-0.05, 0) is 6.92 Å². The molecule has 16 heavy (non-hydrogen) atoms. The zero-order chi connectivity index (χ0) is 12.3. The van der Waals surface area contributed by atoms with E-state index in [4.69, 9.17) is 0 Å². The van der Waals surface area contributed by atoms with Crippen molar-refractivity contribution in [1.29, 1.82) is 0 Å². The summed E-state index contributed by atoms with van der Waals surface area (Å²) < 4.78 is 36.6. The summed E-state index contributed by atoms with van der Waals surface area (Å²) in [6.45, 7) is 2.10. The van der Waals surface area contributed by atoms with Crippen LogP contribution < -0.4 is 4.90 Å². The minimum Gasteiger partial charge on any atom is -0.339 e. The Kier molecular flexibility index (Phi) is 3.90. The highest BCUT2D eigenvalue weighted by Gasteiger charge is 2.31. The number of rotatable bonds is 4. The highest BCUT2D eigenvalue weighted by molar-refractivity contribution is 7.13. The first-order valence-electron chi connectivity index (χ1n) is 4.61. The Bertz CT molecular complexity index is 375. The fraction of sp³-hybridized carbons (Fsp3) is 0.556. The smallest absolute Gasteiger partial charge is 0.339 e. The largest absolute Gasteiger partial charge is 0.406 e. The second kappa shape index (κ2) is 4.82. The molecule has 7 heteroatoms. The number of aromatic nitrogens is 1. The number of halogens is 3. The van der Waals surface area contributed by atoms with Crippen LogP contribution in [-0.4, -0.2) is 30.0 Å². The molecule has 1 aromatic rings. The summed E-state index contributed by atoms with van der Waals surface area (Å²) in [5.41, 5.74) is 0.209. The van der Waals surface area contributed by atoms with Crippen LogP contribution in [0.3, 0.4) is 0 Å². The van der Waals surface area contributed by atoms with Gasteiger partial charge in [-0.3, -0.25) is 4.79 Å². The third-order valence-corrected chi connectivity index (χ3v) is 2.78. The Morgan fingerprint density at radius 3 is 2.56 bits per heavy atom. The van der Waals surface area contributed by atoms with Gasteiger partial charge in [0, 0.05) is 18.8 Å². The Morgan fingerprint density at radius 2 is 2.19 bits per heavy atom. The highest BCUT2D eigenvalue weighted by Crippen LogP contribution is 2.25. The quantitative estimate of drug-likeness (QED) is 0.772. The van der Waals surface area contributed by atoms with Crippen LogP contribution >= 0.6 is 11.3 Å². The molecule has 1 rings (SSSR count). The van der Waals surface area contributed by atoms with Crippen molar-refractivity contribution < 1.29 is 18.0 Å². The molecule has 0 radical (unpaired) electrons. The topological polar surface area (TPSA) is 33.2 Å². The summed E-state index contributed by atoms with van der Waals surface area (Å²) in [7, 11) is 0. The predicted octanol–water partition coefficient (Wildman–Crippen LogP) is 2.73. The molecule has 1 heterocycles. The average molecular weight is 252 g/mol. The fourth-order valence-corrected chi connectivity index (χ4v) is 2.03. The maximum Gasteiger partial charge on any atom is 0.406 e. The van der Waals surface area contributed by atoms with E-state index >= 15 is 0 Å². The number of anilines is 1. The van der Waals surface area contributed by atoms with E-state index in [2.05, 4.69) is 4.98 Å². The third-order valence-electron chi connectivity index (χ3n) is 1.88. The van der Waals surface area contributed by atoms with Gasteiger partial charge in [0.1, 0.15) is 12.2 Å². The van der Waals surface area contributed by atoms with E-state index in [1.165, 1.54) is 12.3 Å². The van der Waals surface area contributed by atoms with Crippen molar-refractivity contribution in [2.45, 2.75) is 20.0 Å². The zero-order valence-electron chi connectivity index (χ0n) is 8.84. The van der Waals surface area contributed by atoms with E-state index in [-0.39, 0.29) is 23.2 Å². The molecule has 0 saturated heterocycles. The Labute approximate surface area is 94.9 Å². The van der Waals surface area contributed by atoms with Crippen molar-refractivity contribution in [2.24, 2.45) is 0 Å².